The summed E-state index contributed by atoms with van der Waals surface area (Å²) in [4.78, 5) is 2.56. The fourth-order valence-electron chi connectivity index (χ4n) is 4.30. The summed E-state index contributed by atoms with van der Waals surface area (Å²) in [6, 6.07) is 15.9. The summed E-state index contributed by atoms with van der Waals surface area (Å²) in [7, 11) is 0. The molecule has 1 unspecified atom stereocenters. The molecule has 0 amide bonds. The van der Waals surface area contributed by atoms with Crippen LogP contribution in [-0.4, -0.2) is 22.1 Å². The molecule has 0 bridgehead atoms. The zero-order valence-electron chi connectivity index (χ0n) is 15.9. The number of benzene rings is 2. The average molecular weight is 367 g/mol. The maximum Gasteiger partial charge on any atom is 0.0487 e. The standard InChI is InChI=1S/C23H27ClN2/c1-4-25-15-21-20-14-19(24)9-10-22(20)26(23(21)13-17(25)3)12-11-18-7-5-16(2)6-8-18/h5-10,14,17H,4,11-13,15H2,1-3H3. The molecular weight excluding hydrogens is 340 g/mol. The van der Waals surface area contributed by atoms with E-state index >= 15 is 0 Å². The Hall–Kier alpha value is -1.77. The van der Waals surface area contributed by atoms with Crippen LogP contribution in [0.25, 0.3) is 10.9 Å². The number of halogens is 1. The van der Waals surface area contributed by atoms with Crippen molar-refractivity contribution < 1.29 is 0 Å². The first-order valence-corrected chi connectivity index (χ1v) is 10.0. The monoisotopic (exact) mass is 366 g/mol. The van der Waals surface area contributed by atoms with Crippen LogP contribution in [0, 0.1) is 6.92 Å². The SMILES string of the molecule is CCN1Cc2c(n(CCc3ccc(C)cc3)c3ccc(Cl)cc23)CC1C. The van der Waals surface area contributed by atoms with Crippen molar-refractivity contribution in [1.82, 2.24) is 9.47 Å². The van der Waals surface area contributed by atoms with Gasteiger partial charge in [-0.15, -0.1) is 0 Å². The normalized spacial score (nSPS) is 17.6. The molecule has 3 heteroatoms. The highest BCUT2D eigenvalue weighted by atomic mass is 35.5. The van der Waals surface area contributed by atoms with Crippen LogP contribution >= 0.6 is 11.6 Å². The molecule has 2 nitrogen and oxygen atoms in total. The predicted molar refractivity (Wildman–Crippen MR) is 111 cm³/mol. The van der Waals surface area contributed by atoms with Gasteiger partial charge in [0.05, 0.1) is 0 Å². The van der Waals surface area contributed by atoms with Gasteiger partial charge >= 0.3 is 0 Å². The lowest BCUT2D eigenvalue weighted by Crippen LogP contribution is -2.38. The molecule has 1 atom stereocenters. The van der Waals surface area contributed by atoms with Crippen molar-refractivity contribution in [3.05, 3.63) is 69.9 Å². The van der Waals surface area contributed by atoms with Crippen LogP contribution in [0.3, 0.4) is 0 Å². The third kappa shape index (κ3) is 3.17. The summed E-state index contributed by atoms with van der Waals surface area (Å²) in [5.74, 6) is 0. The molecular formula is C23H27ClN2. The van der Waals surface area contributed by atoms with Gasteiger partial charge in [-0.25, -0.2) is 0 Å². The van der Waals surface area contributed by atoms with E-state index in [4.69, 9.17) is 11.6 Å². The van der Waals surface area contributed by atoms with E-state index in [1.165, 1.54) is 33.3 Å². The first-order valence-electron chi connectivity index (χ1n) is 9.66. The van der Waals surface area contributed by atoms with Gasteiger partial charge in [0.2, 0.25) is 0 Å². The van der Waals surface area contributed by atoms with E-state index < -0.39 is 0 Å². The van der Waals surface area contributed by atoms with E-state index in [-0.39, 0.29) is 0 Å². The van der Waals surface area contributed by atoms with E-state index in [2.05, 4.69) is 66.6 Å². The maximum atomic E-state index is 6.33. The van der Waals surface area contributed by atoms with Crippen LogP contribution in [0.2, 0.25) is 5.02 Å². The van der Waals surface area contributed by atoms with E-state index in [0.717, 1.165) is 37.5 Å². The summed E-state index contributed by atoms with van der Waals surface area (Å²) in [6.45, 7) is 9.89. The summed E-state index contributed by atoms with van der Waals surface area (Å²) < 4.78 is 2.55. The van der Waals surface area contributed by atoms with Crippen LogP contribution in [0.15, 0.2) is 42.5 Å². The van der Waals surface area contributed by atoms with Crippen LogP contribution < -0.4 is 0 Å². The smallest absolute Gasteiger partial charge is 0.0487 e. The molecule has 4 rings (SSSR count). The van der Waals surface area contributed by atoms with E-state index in [1.807, 2.05) is 6.07 Å². The Balaban J connectivity index is 1.74. The number of aryl methyl sites for hydroxylation is 3. The highest BCUT2D eigenvalue weighted by molar-refractivity contribution is 6.31. The predicted octanol–water partition coefficient (Wildman–Crippen LogP) is 5.61. The maximum absolute atomic E-state index is 6.33. The number of nitrogens with zero attached hydrogens (tertiary/aromatic N) is 2. The van der Waals surface area contributed by atoms with Gasteiger partial charge in [-0.2, -0.15) is 0 Å². The van der Waals surface area contributed by atoms with Gasteiger partial charge in [0.25, 0.3) is 0 Å². The molecule has 2 heterocycles. The molecule has 0 N–H and O–H groups in total. The van der Waals surface area contributed by atoms with Gasteiger partial charge in [-0.1, -0.05) is 48.4 Å². The number of hydrogen-bond donors (Lipinski definition) is 0. The fraction of sp³-hybridized carbons (Fsp3) is 0.391. The lowest BCUT2D eigenvalue weighted by Gasteiger charge is -2.33. The molecule has 26 heavy (non-hydrogen) atoms. The van der Waals surface area contributed by atoms with Gasteiger partial charge in [0.15, 0.2) is 0 Å². The largest absolute Gasteiger partial charge is 0.344 e. The second-order valence-corrected chi connectivity index (χ2v) is 8.03. The third-order valence-corrected chi connectivity index (χ3v) is 6.11. The van der Waals surface area contributed by atoms with E-state index in [0.29, 0.717) is 6.04 Å². The lowest BCUT2D eigenvalue weighted by atomic mass is 9.99. The molecule has 1 aliphatic rings. The number of fused-ring (bicyclic) bond motifs is 3. The molecule has 136 valence electrons. The van der Waals surface area contributed by atoms with Crippen molar-refractivity contribution in [1.29, 1.82) is 0 Å². The molecule has 0 aliphatic carbocycles. The summed E-state index contributed by atoms with van der Waals surface area (Å²) in [5.41, 5.74) is 7.04. The molecule has 0 saturated heterocycles. The average Bonchev–Trinajstić information content (AvgIpc) is 2.92. The Kier molecular flexibility index (Phi) is 4.81. The molecule has 1 aromatic heterocycles. The lowest BCUT2D eigenvalue weighted by molar-refractivity contribution is 0.192. The van der Waals surface area contributed by atoms with Gasteiger partial charge in [0.1, 0.15) is 0 Å². The zero-order chi connectivity index (χ0) is 18.3. The van der Waals surface area contributed by atoms with Crippen molar-refractivity contribution >= 4 is 22.5 Å². The van der Waals surface area contributed by atoms with Gasteiger partial charge in [0, 0.05) is 47.2 Å². The number of hydrogen-bond acceptors (Lipinski definition) is 1. The number of aromatic nitrogens is 1. The molecule has 0 spiro atoms. The second-order valence-electron chi connectivity index (χ2n) is 7.59. The minimum Gasteiger partial charge on any atom is -0.344 e. The van der Waals surface area contributed by atoms with Gasteiger partial charge < -0.3 is 4.57 Å². The topological polar surface area (TPSA) is 8.17 Å². The highest BCUT2D eigenvalue weighted by Gasteiger charge is 2.27. The molecule has 3 aromatic rings. The van der Waals surface area contributed by atoms with Crippen molar-refractivity contribution in [2.24, 2.45) is 0 Å². The van der Waals surface area contributed by atoms with E-state index in [9.17, 15) is 0 Å². The summed E-state index contributed by atoms with van der Waals surface area (Å²) in [5, 5.41) is 2.17. The van der Waals surface area contributed by atoms with Crippen molar-refractivity contribution in [3.63, 3.8) is 0 Å². The zero-order valence-corrected chi connectivity index (χ0v) is 16.7. The van der Waals surface area contributed by atoms with Gasteiger partial charge in [-0.05, 0) is 56.1 Å². The quantitative estimate of drug-likeness (QED) is 0.582. The number of rotatable bonds is 4. The Morgan fingerprint density at radius 1 is 1.12 bits per heavy atom. The Morgan fingerprint density at radius 2 is 1.88 bits per heavy atom. The molecule has 0 saturated carbocycles. The van der Waals surface area contributed by atoms with Crippen molar-refractivity contribution in [3.8, 4) is 0 Å². The Bertz CT molecular complexity index is 924. The molecule has 1 aliphatic heterocycles. The fourth-order valence-corrected chi connectivity index (χ4v) is 4.47. The first-order chi connectivity index (χ1) is 12.6. The molecule has 2 aromatic carbocycles. The summed E-state index contributed by atoms with van der Waals surface area (Å²) >= 11 is 6.33. The van der Waals surface area contributed by atoms with Crippen LogP contribution in [0.4, 0.5) is 0 Å². The third-order valence-electron chi connectivity index (χ3n) is 5.87. The molecule has 0 fully saturated rings. The minimum absolute atomic E-state index is 0.588. The number of likely N-dealkylation sites (N-methyl/N-ethyl adjacent to an activating group) is 1. The van der Waals surface area contributed by atoms with Crippen LogP contribution in [0.1, 0.15) is 36.2 Å². The van der Waals surface area contributed by atoms with E-state index in [1.54, 1.807) is 0 Å². The van der Waals surface area contributed by atoms with Crippen molar-refractivity contribution in [2.75, 3.05) is 6.54 Å². The summed E-state index contributed by atoms with van der Waals surface area (Å²) in [6.07, 6.45) is 2.17. The Labute approximate surface area is 161 Å². The minimum atomic E-state index is 0.588. The highest BCUT2D eigenvalue weighted by Crippen LogP contribution is 2.34. The van der Waals surface area contributed by atoms with Gasteiger partial charge in [-0.3, -0.25) is 4.90 Å². The van der Waals surface area contributed by atoms with Crippen LogP contribution in [-0.2, 0) is 25.9 Å². The first kappa shape index (κ1) is 17.6. The van der Waals surface area contributed by atoms with Crippen LogP contribution in [0.5, 0.6) is 0 Å². The molecule has 0 radical (unpaired) electrons. The van der Waals surface area contributed by atoms with Crippen molar-refractivity contribution in [2.45, 2.75) is 52.7 Å². The second kappa shape index (κ2) is 7.09. The Morgan fingerprint density at radius 3 is 2.62 bits per heavy atom.